The molecule has 26 heavy (non-hydrogen) atoms. The second kappa shape index (κ2) is 7.72. The lowest BCUT2D eigenvalue weighted by Gasteiger charge is -2.03. The molecule has 0 bridgehead atoms. The van der Waals surface area contributed by atoms with Gasteiger partial charge in [-0.3, -0.25) is 4.79 Å². The molecular formula is C14H13ClN8O3. The number of rotatable bonds is 6. The average molecular weight is 377 g/mol. The van der Waals surface area contributed by atoms with Gasteiger partial charge in [-0.2, -0.15) is 9.78 Å². The van der Waals surface area contributed by atoms with E-state index in [1.807, 2.05) is 0 Å². The smallest absolute Gasteiger partial charge is 0.293 e. The SMILES string of the molecule is COCc1c(C(=O)N/N=C/c2ccc(Cl)cc2)nnn1-c1nonc1N. The van der Waals surface area contributed by atoms with Crippen LogP contribution in [0.2, 0.25) is 5.02 Å². The number of aromatic nitrogens is 5. The predicted molar refractivity (Wildman–Crippen MR) is 90.9 cm³/mol. The third kappa shape index (κ3) is 3.68. The van der Waals surface area contributed by atoms with Crippen LogP contribution in [-0.4, -0.2) is 44.5 Å². The maximum atomic E-state index is 12.3. The van der Waals surface area contributed by atoms with E-state index in [4.69, 9.17) is 22.1 Å². The zero-order valence-electron chi connectivity index (χ0n) is 13.5. The van der Waals surface area contributed by atoms with E-state index in [1.165, 1.54) is 18.0 Å². The molecule has 3 aromatic rings. The normalized spacial score (nSPS) is 11.2. The fraction of sp³-hybridized carbons (Fsp3) is 0.143. The molecule has 2 heterocycles. The third-order valence-corrected chi connectivity index (χ3v) is 3.46. The number of hydrogen-bond donors (Lipinski definition) is 2. The Balaban J connectivity index is 1.79. The van der Waals surface area contributed by atoms with Crippen molar-refractivity contribution in [3.8, 4) is 5.82 Å². The number of ether oxygens (including phenoxy) is 1. The molecule has 0 atom stereocenters. The van der Waals surface area contributed by atoms with Gasteiger partial charge in [-0.25, -0.2) is 10.1 Å². The fourth-order valence-corrected chi connectivity index (χ4v) is 2.15. The van der Waals surface area contributed by atoms with Crippen LogP contribution in [0.15, 0.2) is 34.0 Å². The van der Waals surface area contributed by atoms with Crippen molar-refractivity contribution >= 4 is 29.5 Å². The van der Waals surface area contributed by atoms with Crippen molar-refractivity contribution in [2.24, 2.45) is 5.10 Å². The standard InChI is InChI=1S/C14H13ClN8O3/c1-25-7-10-11(18-22-23(10)13-12(16)20-26-21-13)14(24)19-17-6-8-2-4-9(15)5-3-8/h2-6H,7H2,1H3,(H2,16,20)(H,19,24)/b17-6+. The van der Waals surface area contributed by atoms with Crippen molar-refractivity contribution in [1.82, 2.24) is 30.7 Å². The van der Waals surface area contributed by atoms with Crippen molar-refractivity contribution in [2.45, 2.75) is 6.61 Å². The molecule has 0 aliphatic heterocycles. The van der Waals surface area contributed by atoms with Crippen molar-refractivity contribution in [2.75, 3.05) is 12.8 Å². The van der Waals surface area contributed by atoms with Gasteiger partial charge in [0.1, 0.15) is 5.69 Å². The van der Waals surface area contributed by atoms with Crippen LogP contribution in [0, 0.1) is 0 Å². The number of nitrogens with one attached hydrogen (secondary N) is 1. The highest BCUT2D eigenvalue weighted by Crippen LogP contribution is 2.16. The summed E-state index contributed by atoms with van der Waals surface area (Å²) in [6.45, 7) is 0.0307. The molecule has 0 saturated heterocycles. The van der Waals surface area contributed by atoms with E-state index >= 15 is 0 Å². The van der Waals surface area contributed by atoms with Crippen LogP contribution in [0.5, 0.6) is 0 Å². The minimum Gasteiger partial charge on any atom is -0.378 e. The van der Waals surface area contributed by atoms with E-state index in [0.29, 0.717) is 10.7 Å². The monoisotopic (exact) mass is 376 g/mol. The molecule has 2 aromatic heterocycles. The van der Waals surface area contributed by atoms with Crippen molar-refractivity contribution < 1.29 is 14.2 Å². The highest BCUT2D eigenvalue weighted by atomic mass is 35.5. The molecule has 0 saturated carbocycles. The molecule has 0 aliphatic rings. The average Bonchev–Trinajstić information content (AvgIpc) is 3.23. The molecule has 3 N–H and O–H groups in total. The van der Waals surface area contributed by atoms with E-state index in [-0.39, 0.29) is 23.9 Å². The summed E-state index contributed by atoms with van der Waals surface area (Å²) in [6, 6.07) is 6.93. The third-order valence-electron chi connectivity index (χ3n) is 3.21. The Kier molecular flexibility index (Phi) is 5.20. The number of benzene rings is 1. The van der Waals surface area contributed by atoms with E-state index < -0.39 is 5.91 Å². The Bertz CT molecular complexity index is 934. The van der Waals surface area contributed by atoms with Crippen LogP contribution >= 0.6 is 11.6 Å². The summed E-state index contributed by atoms with van der Waals surface area (Å²) < 4.78 is 10.8. The topological polar surface area (TPSA) is 146 Å². The van der Waals surface area contributed by atoms with Gasteiger partial charge in [0.05, 0.1) is 12.8 Å². The Morgan fingerprint density at radius 1 is 1.42 bits per heavy atom. The second-order valence-corrected chi connectivity index (χ2v) is 5.39. The van der Waals surface area contributed by atoms with Crippen LogP contribution in [0.1, 0.15) is 21.7 Å². The number of nitrogens with zero attached hydrogens (tertiary/aromatic N) is 6. The number of hydrazone groups is 1. The van der Waals surface area contributed by atoms with E-state index in [1.54, 1.807) is 24.3 Å². The van der Waals surface area contributed by atoms with Crippen molar-refractivity contribution in [3.63, 3.8) is 0 Å². The van der Waals surface area contributed by atoms with Gasteiger partial charge in [0.2, 0.25) is 11.6 Å². The zero-order valence-corrected chi connectivity index (χ0v) is 14.2. The van der Waals surface area contributed by atoms with Gasteiger partial charge >= 0.3 is 0 Å². The maximum absolute atomic E-state index is 12.3. The predicted octanol–water partition coefficient (Wildman–Crippen LogP) is 0.796. The molecule has 0 radical (unpaired) electrons. The van der Waals surface area contributed by atoms with E-state index in [2.05, 4.69) is 35.8 Å². The number of methoxy groups -OCH3 is 1. The lowest BCUT2D eigenvalue weighted by Crippen LogP contribution is -2.20. The number of nitrogen functional groups attached to an aromatic ring is 1. The molecule has 0 aliphatic carbocycles. The van der Waals surface area contributed by atoms with Crippen LogP contribution < -0.4 is 11.2 Å². The van der Waals surface area contributed by atoms with E-state index in [9.17, 15) is 4.79 Å². The molecule has 0 fully saturated rings. The first-order valence-electron chi connectivity index (χ1n) is 7.21. The van der Waals surface area contributed by atoms with E-state index in [0.717, 1.165) is 5.56 Å². The molecule has 134 valence electrons. The van der Waals surface area contributed by atoms with Gasteiger partial charge in [-0.1, -0.05) is 28.9 Å². The fourth-order valence-electron chi connectivity index (χ4n) is 2.02. The summed E-state index contributed by atoms with van der Waals surface area (Å²) in [5.41, 5.74) is 9.09. The molecular weight excluding hydrogens is 364 g/mol. The largest absolute Gasteiger partial charge is 0.378 e. The summed E-state index contributed by atoms with van der Waals surface area (Å²) in [4.78, 5) is 12.3. The molecule has 3 rings (SSSR count). The Labute approximate surface area is 151 Å². The molecule has 0 spiro atoms. The first kappa shape index (κ1) is 17.5. The first-order valence-corrected chi connectivity index (χ1v) is 7.59. The second-order valence-electron chi connectivity index (χ2n) is 4.95. The van der Waals surface area contributed by atoms with Crippen LogP contribution in [0.3, 0.4) is 0 Å². The van der Waals surface area contributed by atoms with Gasteiger partial charge in [0.15, 0.2) is 5.69 Å². The molecule has 12 heteroatoms. The van der Waals surface area contributed by atoms with Gasteiger partial charge in [-0.05, 0) is 28.0 Å². The Morgan fingerprint density at radius 2 is 2.19 bits per heavy atom. The molecule has 1 amide bonds. The van der Waals surface area contributed by atoms with Crippen molar-refractivity contribution in [1.29, 1.82) is 0 Å². The number of amides is 1. The summed E-state index contributed by atoms with van der Waals surface area (Å²) >= 11 is 5.81. The number of hydrogen-bond acceptors (Lipinski definition) is 9. The maximum Gasteiger partial charge on any atom is 0.293 e. The van der Waals surface area contributed by atoms with Crippen LogP contribution in [-0.2, 0) is 11.3 Å². The number of carbonyl (C=O) groups excluding carboxylic acids is 1. The quantitative estimate of drug-likeness (QED) is 0.474. The highest BCUT2D eigenvalue weighted by molar-refractivity contribution is 6.30. The molecule has 11 nitrogen and oxygen atoms in total. The van der Waals surface area contributed by atoms with Crippen LogP contribution in [0.4, 0.5) is 5.82 Å². The van der Waals surface area contributed by atoms with Crippen molar-refractivity contribution in [3.05, 3.63) is 46.2 Å². The minimum absolute atomic E-state index is 0.0000274. The molecule has 0 unspecified atom stereocenters. The molecule has 1 aromatic carbocycles. The van der Waals surface area contributed by atoms with Gasteiger partial charge < -0.3 is 10.5 Å². The number of nitrogens with two attached hydrogens (primary N) is 1. The number of carbonyl (C=O) groups is 1. The highest BCUT2D eigenvalue weighted by Gasteiger charge is 2.23. The summed E-state index contributed by atoms with van der Waals surface area (Å²) in [5, 5.41) is 19.3. The number of anilines is 1. The summed E-state index contributed by atoms with van der Waals surface area (Å²) in [7, 11) is 1.46. The summed E-state index contributed by atoms with van der Waals surface area (Å²) in [5.74, 6) is -0.475. The first-order chi connectivity index (χ1) is 12.6. The minimum atomic E-state index is -0.580. The zero-order chi connectivity index (χ0) is 18.5. The Hall–Kier alpha value is -3.31. The van der Waals surface area contributed by atoms with Gasteiger partial charge in [0.25, 0.3) is 5.91 Å². The van der Waals surface area contributed by atoms with Gasteiger partial charge in [0, 0.05) is 12.1 Å². The Morgan fingerprint density at radius 3 is 2.85 bits per heavy atom. The summed E-state index contributed by atoms with van der Waals surface area (Å²) in [6.07, 6.45) is 1.47. The van der Waals surface area contributed by atoms with Crippen LogP contribution in [0.25, 0.3) is 5.82 Å². The number of halogens is 1. The van der Waals surface area contributed by atoms with Gasteiger partial charge in [-0.15, -0.1) is 5.10 Å². The lowest BCUT2D eigenvalue weighted by molar-refractivity contribution is 0.0944. The lowest BCUT2D eigenvalue weighted by atomic mass is 10.2.